The van der Waals surface area contributed by atoms with E-state index in [9.17, 15) is 14.0 Å². The number of nitrogens with one attached hydrogen (secondary N) is 2. The van der Waals surface area contributed by atoms with E-state index in [0.717, 1.165) is 12.8 Å². The van der Waals surface area contributed by atoms with E-state index in [0.29, 0.717) is 23.5 Å². The van der Waals surface area contributed by atoms with Crippen molar-refractivity contribution < 1.29 is 18.7 Å². The maximum atomic E-state index is 13.1. The topological polar surface area (TPSA) is 67.4 Å². The lowest BCUT2D eigenvalue weighted by Crippen LogP contribution is -2.21. The summed E-state index contributed by atoms with van der Waals surface area (Å²) in [5, 5.41) is 5.54. The summed E-state index contributed by atoms with van der Waals surface area (Å²) >= 11 is 0. The third kappa shape index (κ3) is 6.25. The summed E-state index contributed by atoms with van der Waals surface area (Å²) in [6, 6.07) is 12.4. The molecule has 0 aliphatic rings. The monoisotopic (exact) mass is 344 g/mol. The Balaban J connectivity index is 1.81. The summed E-state index contributed by atoms with van der Waals surface area (Å²) in [6.45, 7) is 2.43. The van der Waals surface area contributed by atoms with Gasteiger partial charge in [0, 0.05) is 11.4 Å². The van der Waals surface area contributed by atoms with E-state index in [1.54, 1.807) is 36.4 Å². The second kappa shape index (κ2) is 9.42. The molecule has 0 radical (unpaired) electrons. The van der Waals surface area contributed by atoms with Crippen LogP contribution in [0.4, 0.5) is 15.8 Å². The van der Waals surface area contributed by atoms with E-state index in [1.807, 2.05) is 6.92 Å². The standard InChI is InChI=1S/C19H21FN2O3/c1-2-3-11-25-19(24)14-7-9-16(10-8-14)22-18(23)13-21-17-6-4-5-15(20)12-17/h4-10,12,21H,2-3,11,13H2,1H3,(H,22,23). The second-order valence-corrected chi connectivity index (χ2v) is 5.48. The van der Waals surface area contributed by atoms with Crippen LogP contribution in [0.3, 0.4) is 0 Å². The van der Waals surface area contributed by atoms with Crippen molar-refractivity contribution in [3.63, 3.8) is 0 Å². The van der Waals surface area contributed by atoms with Gasteiger partial charge in [-0.2, -0.15) is 0 Å². The molecule has 0 spiro atoms. The fourth-order valence-corrected chi connectivity index (χ4v) is 2.07. The molecule has 0 unspecified atom stereocenters. The number of anilines is 2. The van der Waals surface area contributed by atoms with Crippen molar-refractivity contribution in [1.29, 1.82) is 0 Å². The molecule has 0 aromatic heterocycles. The van der Waals surface area contributed by atoms with Crippen LogP contribution in [0.2, 0.25) is 0 Å². The van der Waals surface area contributed by atoms with Crippen molar-refractivity contribution in [2.45, 2.75) is 19.8 Å². The lowest BCUT2D eigenvalue weighted by atomic mass is 10.2. The lowest BCUT2D eigenvalue weighted by molar-refractivity contribution is -0.114. The molecule has 0 aliphatic carbocycles. The Labute approximate surface area is 146 Å². The van der Waals surface area contributed by atoms with Crippen LogP contribution < -0.4 is 10.6 Å². The first-order valence-corrected chi connectivity index (χ1v) is 8.15. The first kappa shape index (κ1) is 18.4. The highest BCUT2D eigenvalue weighted by Gasteiger charge is 2.08. The van der Waals surface area contributed by atoms with Crippen molar-refractivity contribution in [1.82, 2.24) is 0 Å². The van der Waals surface area contributed by atoms with Crippen LogP contribution in [0.15, 0.2) is 48.5 Å². The van der Waals surface area contributed by atoms with E-state index in [2.05, 4.69) is 10.6 Å². The molecule has 0 fully saturated rings. The number of amides is 1. The Morgan fingerprint density at radius 3 is 2.52 bits per heavy atom. The molecule has 0 heterocycles. The fourth-order valence-electron chi connectivity index (χ4n) is 2.07. The molecule has 0 saturated heterocycles. The Bertz CT molecular complexity index is 717. The highest BCUT2D eigenvalue weighted by Crippen LogP contribution is 2.12. The number of hydrogen-bond acceptors (Lipinski definition) is 4. The number of hydrogen-bond donors (Lipinski definition) is 2. The molecular formula is C19H21FN2O3. The Hall–Kier alpha value is -2.89. The summed E-state index contributed by atoms with van der Waals surface area (Å²) in [6.07, 6.45) is 1.79. The van der Waals surface area contributed by atoms with Crippen molar-refractivity contribution in [3.8, 4) is 0 Å². The van der Waals surface area contributed by atoms with Gasteiger partial charge in [-0.15, -0.1) is 0 Å². The minimum atomic E-state index is -0.376. The number of ether oxygens (including phenoxy) is 1. The number of halogens is 1. The number of esters is 1. The van der Waals surface area contributed by atoms with Crippen LogP contribution in [0.25, 0.3) is 0 Å². The predicted molar refractivity (Wildman–Crippen MR) is 95.2 cm³/mol. The van der Waals surface area contributed by atoms with E-state index in [4.69, 9.17) is 4.74 Å². The van der Waals surface area contributed by atoms with Crippen LogP contribution in [-0.4, -0.2) is 25.0 Å². The van der Waals surface area contributed by atoms with Crippen LogP contribution >= 0.6 is 0 Å². The van der Waals surface area contributed by atoms with E-state index in [1.165, 1.54) is 12.1 Å². The molecule has 2 N–H and O–H groups in total. The molecule has 0 bridgehead atoms. The van der Waals surface area contributed by atoms with Gasteiger partial charge in [0.2, 0.25) is 5.91 Å². The van der Waals surface area contributed by atoms with Gasteiger partial charge < -0.3 is 15.4 Å². The van der Waals surface area contributed by atoms with E-state index >= 15 is 0 Å². The van der Waals surface area contributed by atoms with Crippen LogP contribution in [-0.2, 0) is 9.53 Å². The quantitative estimate of drug-likeness (QED) is 0.564. The molecule has 2 rings (SSSR count). The van der Waals surface area contributed by atoms with Gasteiger partial charge in [0.05, 0.1) is 18.7 Å². The number of unbranched alkanes of at least 4 members (excludes halogenated alkanes) is 1. The maximum absolute atomic E-state index is 13.1. The summed E-state index contributed by atoms with van der Waals surface area (Å²) in [7, 11) is 0. The first-order chi connectivity index (χ1) is 12.1. The molecular weight excluding hydrogens is 323 g/mol. The third-order valence-electron chi connectivity index (χ3n) is 3.41. The SMILES string of the molecule is CCCCOC(=O)c1ccc(NC(=O)CNc2cccc(F)c2)cc1. The largest absolute Gasteiger partial charge is 0.462 e. The van der Waals surface area contributed by atoms with Crippen molar-refractivity contribution in [3.05, 3.63) is 59.9 Å². The summed E-state index contributed by atoms with van der Waals surface area (Å²) < 4.78 is 18.2. The Morgan fingerprint density at radius 1 is 1.08 bits per heavy atom. The second-order valence-electron chi connectivity index (χ2n) is 5.48. The molecule has 2 aromatic rings. The average Bonchev–Trinajstić information content (AvgIpc) is 2.61. The lowest BCUT2D eigenvalue weighted by Gasteiger charge is -2.09. The van der Waals surface area contributed by atoms with Crippen molar-refractivity contribution >= 4 is 23.3 Å². The fraction of sp³-hybridized carbons (Fsp3) is 0.263. The van der Waals surface area contributed by atoms with Crippen LogP contribution in [0, 0.1) is 5.82 Å². The van der Waals surface area contributed by atoms with Crippen molar-refractivity contribution in [2.75, 3.05) is 23.8 Å². The highest BCUT2D eigenvalue weighted by atomic mass is 19.1. The highest BCUT2D eigenvalue weighted by molar-refractivity contribution is 5.95. The number of carbonyl (C=O) groups excluding carboxylic acids is 2. The normalized spacial score (nSPS) is 10.2. The first-order valence-electron chi connectivity index (χ1n) is 8.15. The van der Waals surface area contributed by atoms with Gasteiger partial charge >= 0.3 is 5.97 Å². The van der Waals surface area contributed by atoms with Gasteiger partial charge in [0.1, 0.15) is 5.82 Å². The summed E-state index contributed by atoms with van der Waals surface area (Å²) in [5.74, 6) is -1.02. The molecule has 0 aliphatic heterocycles. The zero-order valence-corrected chi connectivity index (χ0v) is 14.0. The summed E-state index contributed by atoms with van der Waals surface area (Å²) in [4.78, 5) is 23.7. The molecule has 1 amide bonds. The van der Waals surface area contributed by atoms with Crippen LogP contribution in [0.5, 0.6) is 0 Å². The number of carbonyl (C=O) groups is 2. The average molecular weight is 344 g/mol. The molecule has 0 atom stereocenters. The van der Waals surface area contributed by atoms with Gasteiger partial charge in [0.25, 0.3) is 0 Å². The molecule has 2 aromatic carbocycles. The Kier molecular flexibility index (Phi) is 6.95. The van der Waals surface area contributed by atoms with Gasteiger partial charge in [-0.25, -0.2) is 9.18 Å². The number of benzene rings is 2. The predicted octanol–water partition coefficient (Wildman–Crippen LogP) is 3.83. The molecule has 6 heteroatoms. The Morgan fingerprint density at radius 2 is 1.84 bits per heavy atom. The van der Waals surface area contributed by atoms with Crippen molar-refractivity contribution in [2.24, 2.45) is 0 Å². The van der Waals surface area contributed by atoms with Gasteiger partial charge in [-0.05, 0) is 48.9 Å². The van der Waals surface area contributed by atoms with Gasteiger partial charge in [-0.3, -0.25) is 4.79 Å². The third-order valence-corrected chi connectivity index (χ3v) is 3.41. The maximum Gasteiger partial charge on any atom is 0.338 e. The van der Waals surface area contributed by atoms with E-state index < -0.39 is 0 Å². The molecule has 25 heavy (non-hydrogen) atoms. The molecule has 5 nitrogen and oxygen atoms in total. The van der Waals surface area contributed by atoms with Gasteiger partial charge in [0.15, 0.2) is 0 Å². The number of rotatable bonds is 8. The van der Waals surface area contributed by atoms with Crippen LogP contribution in [0.1, 0.15) is 30.1 Å². The minimum Gasteiger partial charge on any atom is -0.462 e. The minimum absolute atomic E-state index is 0.00423. The van der Waals surface area contributed by atoms with Gasteiger partial charge in [-0.1, -0.05) is 19.4 Å². The zero-order chi connectivity index (χ0) is 18.1. The smallest absolute Gasteiger partial charge is 0.338 e. The zero-order valence-electron chi connectivity index (χ0n) is 14.0. The summed E-state index contributed by atoms with van der Waals surface area (Å²) in [5.41, 5.74) is 1.53. The molecule has 0 saturated carbocycles. The van der Waals surface area contributed by atoms with E-state index in [-0.39, 0.29) is 24.2 Å². The molecule has 132 valence electrons.